The summed E-state index contributed by atoms with van der Waals surface area (Å²) in [6.45, 7) is 2.10. The number of benzene rings is 1. The molecule has 0 saturated carbocycles. The zero-order valence-electron chi connectivity index (χ0n) is 13.6. The maximum atomic E-state index is 7.21. The Morgan fingerprint density at radius 2 is 1.45 bits per heavy atom. The number of hydrogen-bond acceptors (Lipinski definition) is 3. The molecule has 1 rings (SSSR count). The van der Waals surface area contributed by atoms with Crippen LogP contribution in [0.5, 0.6) is 0 Å². The Morgan fingerprint density at radius 3 is 1.85 bits per heavy atom. The van der Waals surface area contributed by atoms with Gasteiger partial charge in [0.25, 0.3) is 0 Å². The first-order chi connectivity index (χ1) is 9.12. The molecule has 0 aliphatic heterocycles. The molecule has 3 nitrogen and oxygen atoms in total. The molecule has 0 heterocycles. The molecule has 20 heavy (non-hydrogen) atoms. The third-order valence-corrected chi connectivity index (χ3v) is 11.9. The standard InChI is InChI=1S/C15H27ClN3P/c1-14-9-8-10-15(13-14)11-12-20(16,17(2)3,18(4)5)19(6)7/h8-13H,1-7H3/b12-11+. The second-order valence-electron chi connectivity index (χ2n) is 5.71. The van der Waals surface area contributed by atoms with E-state index < -0.39 is 6.41 Å². The van der Waals surface area contributed by atoms with E-state index in [-0.39, 0.29) is 0 Å². The minimum atomic E-state index is -2.93. The van der Waals surface area contributed by atoms with E-state index in [9.17, 15) is 0 Å². The molecule has 1 aromatic carbocycles. The van der Waals surface area contributed by atoms with E-state index in [0.29, 0.717) is 0 Å². The van der Waals surface area contributed by atoms with Gasteiger partial charge in [0.15, 0.2) is 0 Å². The summed E-state index contributed by atoms with van der Waals surface area (Å²) < 4.78 is 6.37. The molecule has 0 aliphatic rings. The molecule has 0 N–H and O–H groups in total. The predicted octanol–water partition coefficient (Wildman–Crippen LogP) is 4.10. The van der Waals surface area contributed by atoms with Gasteiger partial charge in [0, 0.05) is 0 Å². The van der Waals surface area contributed by atoms with E-state index >= 15 is 0 Å². The molecule has 0 fully saturated rings. The fourth-order valence-corrected chi connectivity index (χ4v) is 6.01. The SMILES string of the molecule is Cc1cccc(/C=C/P(Cl)(N(C)C)(N(C)C)N(C)C)c1. The summed E-state index contributed by atoms with van der Waals surface area (Å²) in [7, 11) is 12.2. The van der Waals surface area contributed by atoms with Crippen molar-refractivity contribution >= 4 is 23.7 Å². The fraction of sp³-hybridized carbons (Fsp3) is 0.467. The van der Waals surface area contributed by atoms with Crippen molar-refractivity contribution in [3.05, 3.63) is 41.2 Å². The van der Waals surface area contributed by atoms with Crippen molar-refractivity contribution in [2.24, 2.45) is 0 Å². The summed E-state index contributed by atoms with van der Waals surface area (Å²) in [6.07, 6.45) is -0.803. The van der Waals surface area contributed by atoms with E-state index in [0.717, 1.165) is 0 Å². The van der Waals surface area contributed by atoms with Crippen LogP contribution in [0.2, 0.25) is 0 Å². The Bertz CT molecular complexity index is 473. The first-order valence-electron chi connectivity index (χ1n) is 6.65. The van der Waals surface area contributed by atoms with Gasteiger partial charge < -0.3 is 0 Å². The molecule has 0 unspecified atom stereocenters. The summed E-state index contributed by atoms with van der Waals surface area (Å²) in [6, 6.07) is 8.43. The number of nitrogens with zero attached hydrogens (tertiary/aromatic N) is 3. The van der Waals surface area contributed by atoms with Crippen LogP contribution in [0, 0.1) is 6.92 Å². The minimum absolute atomic E-state index is 1.17. The zero-order valence-corrected chi connectivity index (χ0v) is 15.3. The van der Waals surface area contributed by atoms with Crippen LogP contribution < -0.4 is 0 Å². The van der Waals surface area contributed by atoms with Gasteiger partial charge in [0.1, 0.15) is 0 Å². The van der Waals surface area contributed by atoms with E-state index in [4.69, 9.17) is 11.2 Å². The van der Waals surface area contributed by atoms with Crippen molar-refractivity contribution < 1.29 is 0 Å². The number of hydrogen-bond donors (Lipinski definition) is 0. The summed E-state index contributed by atoms with van der Waals surface area (Å²) in [4.78, 5) is 0. The zero-order chi connectivity index (χ0) is 15.6. The van der Waals surface area contributed by atoms with Gasteiger partial charge >= 0.3 is 128 Å². The summed E-state index contributed by atoms with van der Waals surface area (Å²) in [5.41, 5.74) is 2.42. The Morgan fingerprint density at radius 1 is 0.950 bits per heavy atom. The van der Waals surface area contributed by atoms with E-state index in [2.05, 4.69) is 57.1 Å². The van der Waals surface area contributed by atoms with Gasteiger partial charge in [0.2, 0.25) is 0 Å². The number of rotatable bonds is 5. The van der Waals surface area contributed by atoms with Crippen molar-refractivity contribution in [3.63, 3.8) is 0 Å². The van der Waals surface area contributed by atoms with Gasteiger partial charge in [-0.3, -0.25) is 0 Å². The molecule has 5 heteroatoms. The molecule has 114 valence electrons. The van der Waals surface area contributed by atoms with E-state index in [1.807, 2.05) is 42.3 Å². The van der Waals surface area contributed by atoms with Crippen LogP contribution in [-0.4, -0.2) is 56.3 Å². The number of aryl methyl sites for hydroxylation is 1. The molecule has 0 radical (unpaired) electrons. The molecule has 0 spiro atoms. The Balaban J connectivity index is 3.34. The topological polar surface area (TPSA) is 9.72 Å². The van der Waals surface area contributed by atoms with Crippen LogP contribution in [0.3, 0.4) is 0 Å². The molecule has 0 aromatic heterocycles. The molecule has 1 aromatic rings. The van der Waals surface area contributed by atoms with Gasteiger partial charge in [0.05, 0.1) is 0 Å². The second-order valence-corrected chi connectivity index (χ2v) is 12.2. The average Bonchev–Trinajstić information content (AvgIpc) is 2.35. The first kappa shape index (κ1) is 17.6. The third kappa shape index (κ3) is 2.93. The van der Waals surface area contributed by atoms with Crippen LogP contribution in [0.4, 0.5) is 0 Å². The van der Waals surface area contributed by atoms with Crippen LogP contribution >= 0.6 is 17.6 Å². The van der Waals surface area contributed by atoms with Crippen molar-refractivity contribution in [2.45, 2.75) is 6.92 Å². The van der Waals surface area contributed by atoms with Gasteiger partial charge in [-0.15, -0.1) is 0 Å². The Labute approximate surface area is 128 Å². The van der Waals surface area contributed by atoms with E-state index in [1.54, 1.807) is 0 Å². The molecule has 0 aliphatic carbocycles. The predicted molar refractivity (Wildman–Crippen MR) is 94.0 cm³/mol. The van der Waals surface area contributed by atoms with Crippen LogP contribution in [-0.2, 0) is 0 Å². The van der Waals surface area contributed by atoms with E-state index in [1.165, 1.54) is 11.1 Å². The quantitative estimate of drug-likeness (QED) is 0.757. The van der Waals surface area contributed by atoms with Gasteiger partial charge in [-0.05, 0) is 0 Å². The second kappa shape index (κ2) is 6.13. The van der Waals surface area contributed by atoms with Crippen LogP contribution in [0.25, 0.3) is 6.08 Å². The Hall–Kier alpha value is -0.440. The molecular formula is C15H27ClN3P. The summed E-state index contributed by atoms with van der Waals surface area (Å²) >= 11 is 7.21. The summed E-state index contributed by atoms with van der Waals surface area (Å²) in [5, 5.41) is 0. The van der Waals surface area contributed by atoms with Crippen molar-refractivity contribution in [2.75, 3.05) is 42.3 Å². The van der Waals surface area contributed by atoms with Crippen LogP contribution in [0.1, 0.15) is 11.1 Å². The summed E-state index contributed by atoms with van der Waals surface area (Å²) in [5.74, 6) is 2.15. The number of halogens is 1. The molecule has 0 amide bonds. The van der Waals surface area contributed by atoms with Gasteiger partial charge in [-0.2, -0.15) is 0 Å². The Kier molecular flexibility index (Phi) is 5.40. The van der Waals surface area contributed by atoms with Crippen molar-refractivity contribution in [3.8, 4) is 0 Å². The van der Waals surface area contributed by atoms with Gasteiger partial charge in [-0.1, -0.05) is 0 Å². The monoisotopic (exact) mass is 315 g/mol. The average molecular weight is 316 g/mol. The third-order valence-electron chi connectivity index (χ3n) is 3.79. The molecule has 0 atom stereocenters. The molecular weight excluding hydrogens is 289 g/mol. The molecule has 0 saturated heterocycles. The van der Waals surface area contributed by atoms with Crippen molar-refractivity contribution in [1.29, 1.82) is 0 Å². The fourth-order valence-electron chi connectivity index (χ4n) is 2.46. The normalized spacial score (nSPS) is 15.2. The maximum absolute atomic E-state index is 7.21. The van der Waals surface area contributed by atoms with Crippen LogP contribution in [0.15, 0.2) is 30.1 Å². The van der Waals surface area contributed by atoms with Crippen molar-refractivity contribution in [1.82, 2.24) is 14.0 Å². The molecule has 0 bridgehead atoms. The van der Waals surface area contributed by atoms with Gasteiger partial charge in [-0.25, -0.2) is 0 Å². The first-order valence-corrected chi connectivity index (χ1v) is 9.72.